The van der Waals surface area contributed by atoms with Crippen molar-refractivity contribution in [3.8, 4) is 0 Å². The number of ether oxygens (including phenoxy) is 1. The number of carboxylic acids is 1. The Morgan fingerprint density at radius 2 is 2.12 bits per heavy atom. The van der Waals surface area contributed by atoms with Crippen molar-refractivity contribution >= 4 is 12.1 Å². The highest BCUT2D eigenvalue weighted by molar-refractivity contribution is 5.75. The first-order valence-corrected chi connectivity index (χ1v) is 5.00. The average molecular weight is 249 g/mol. The minimum atomic E-state index is -3.73. The summed E-state index contributed by atoms with van der Waals surface area (Å²) in [6.07, 6.45) is 0.0428. The molecule has 1 rings (SSSR count). The number of likely N-dealkylation sites (tertiary alicyclic amines) is 1. The maximum Gasteiger partial charge on any atom is 0.410 e. The average Bonchev–Trinajstić information content (AvgIpc) is 2.19. The molecule has 17 heavy (non-hydrogen) atoms. The van der Waals surface area contributed by atoms with Crippen LogP contribution in [0.3, 0.4) is 0 Å². The minimum Gasteiger partial charge on any atom is -0.477 e. The third-order valence-electron chi connectivity index (χ3n) is 2.40. The van der Waals surface area contributed by atoms with Crippen LogP contribution < -0.4 is 0 Å². The number of carboxylic acid groups (broad SMARTS) is 1. The fraction of sp³-hybridized carbons (Fsp3) is 0.600. The van der Waals surface area contributed by atoms with Crippen molar-refractivity contribution in [2.75, 3.05) is 19.7 Å². The van der Waals surface area contributed by atoms with Gasteiger partial charge in [0.1, 0.15) is 6.61 Å². The molecule has 0 aliphatic carbocycles. The number of carbonyl (C=O) groups is 2. The predicted octanol–water partition coefficient (Wildman–Crippen LogP) is 1.35. The molecule has 1 aliphatic rings. The van der Waals surface area contributed by atoms with E-state index in [1.165, 1.54) is 11.0 Å². The lowest BCUT2D eigenvalue weighted by molar-refractivity contribution is -0.169. The lowest BCUT2D eigenvalue weighted by atomic mass is 9.93. The van der Waals surface area contributed by atoms with E-state index >= 15 is 0 Å². The Bertz CT molecular complexity index is 326. The van der Waals surface area contributed by atoms with Crippen LogP contribution in [0.2, 0.25) is 0 Å². The fourth-order valence-electron chi connectivity index (χ4n) is 1.52. The zero-order chi connectivity index (χ0) is 13.1. The van der Waals surface area contributed by atoms with Crippen LogP contribution in [0.25, 0.3) is 0 Å². The summed E-state index contributed by atoms with van der Waals surface area (Å²) in [5.74, 6) is -6.37. The van der Waals surface area contributed by atoms with Gasteiger partial charge >= 0.3 is 18.0 Å². The Balaban J connectivity index is 2.30. The molecule has 0 aromatic rings. The van der Waals surface area contributed by atoms with Gasteiger partial charge in [-0.15, -0.1) is 0 Å². The van der Waals surface area contributed by atoms with E-state index in [1.54, 1.807) is 0 Å². The summed E-state index contributed by atoms with van der Waals surface area (Å²) in [7, 11) is 0. The summed E-state index contributed by atoms with van der Waals surface area (Å²) in [5, 5.41) is 8.23. The van der Waals surface area contributed by atoms with Crippen molar-refractivity contribution in [3.63, 3.8) is 0 Å². The second-order valence-electron chi connectivity index (χ2n) is 3.85. The van der Waals surface area contributed by atoms with E-state index in [0.717, 1.165) is 0 Å². The van der Waals surface area contributed by atoms with Gasteiger partial charge in [0.25, 0.3) is 0 Å². The van der Waals surface area contributed by atoms with Gasteiger partial charge in [-0.1, -0.05) is 12.7 Å². The normalized spacial score (nSPS) is 16.2. The summed E-state index contributed by atoms with van der Waals surface area (Å²) >= 11 is 0. The Morgan fingerprint density at radius 1 is 1.53 bits per heavy atom. The molecule has 1 aliphatic heterocycles. The molecule has 0 unspecified atom stereocenters. The first-order chi connectivity index (χ1) is 7.86. The number of amides is 1. The Labute approximate surface area is 96.7 Å². The summed E-state index contributed by atoms with van der Waals surface area (Å²) < 4.78 is 30.3. The van der Waals surface area contributed by atoms with E-state index in [9.17, 15) is 18.4 Å². The topological polar surface area (TPSA) is 66.8 Å². The molecule has 5 nitrogen and oxygen atoms in total. The van der Waals surface area contributed by atoms with Crippen LogP contribution >= 0.6 is 0 Å². The lowest BCUT2D eigenvalue weighted by Gasteiger charge is -2.39. The molecule has 0 saturated carbocycles. The smallest absolute Gasteiger partial charge is 0.410 e. The zero-order valence-corrected chi connectivity index (χ0v) is 9.07. The van der Waals surface area contributed by atoms with Gasteiger partial charge in [0.05, 0.1) is 0 Å². The van der Waals surface area contributed by atoms with Gasteiger partial charge in [0.2, 0.25) is 0 Å². The second-order valence-corrected chi connectivity index (χ2v) is 3.85. The number of halogens is 2. The highest BCUT2D eigenvalue weighted by Crippen LogP contribution is 2.29. The molecular weight excluding hydrogens is 236 g/mol. The number of alkyl halides is 2. The Kier molecular flexibility index (Phi) is 4.03. The lowest BCUT2D eigenvalue weighted by Crippen LogP contribution is -2.52. The van der Waals surface area contributed by atoms with E-state index in [0.29, 0.717) is 0 Å². The van der Waals surface area contributed by atoms with Gasteiger partial charge in [-0.25, -0.2) is 9.59 Å². The molecule has 0 aromatic carbocycles. The molecular formula is C10H13F2NO4. The molecule has 1 N–H and O–H groups in total. The highest BCUT2D eigenvalue weighted by atomic mass is 19.3. The van der Waals surface area contributed by atoms with E-state index in [2.05, 4.69) is 11.3 Å². The summed E-state index contributed by atoms with van der Waals surface area (Å²) in [6, 6.07) is 0. The van der Waals surface area contributed by atoms with Crippen molar-refractivity contribution in [3.05, 3.63) is 12.7 Å². The summed E-state index contributed by atoms with van der Waals surface area (Å²) in [6.45, 7) is 3.61. The van der Waals surface area contributed by atoms with Gasteiger partial charge in [-0.3, -0.25) is 0 Å². The standard InChI is InChI=1S/C10H13F2NO4/c1-2-3-17-9(16)13-5-7(6-13)4-10(11,12)8(14)15/h2,7H,1,3-6H2,(H,14,15). The monoisotopic (exact) mass is 249 g/mol. The predicted molar refractivity (Wildman–Crippen MR) is 53.8 cm³/mol. The van der Waals surface area contributed by atoms with Crippen molar-refractivity contribution < 1.29 is 28.2 Å². The molecule has 0 bridgehead atoms. The van der Waals surface area contributed by atoms with E-state index in [4.69, 9.17) is 5.11 Å². The summed E-state index contributed by atoms with van der Waals surface area (Å²) in [4.78, 5) is 22.6. The number of rotatable bonds is 5. The molecule has 1 heterocycles. The van der Waals surface area contributed by atoms with Crippen LogP contribution in [-0.4, -0.2) is 47.7 Å². The fourth-order valence-corrected chi connectivity index (χ4v) is 1.52. The van der Waals surface area contributed by atoms with Crippen LogP contribution in [0.1, 0.15) is 6.42 Å². The van der Waals surface area contributed by atoms with Crippen LogP contribution in [0.5, 0.6) is 0 Å². The molecule has 0 spiro atoms. The number of aliphatic carboxylic acids is 1. The largest absolute Gasteiger partial charge is 0.477 e. The van der Waals surface area contributed by atoms with Gasteiger partial charge in [0, 0.05) is 25.4 Å². The molecule has 1 amide bonds. The zero-order valence-electron chi connectivity index (χ0n) is 9.07. The van der Waals surface area contributed by atoms with Crippen molar-refractivity contribution in [1.29, 1.82) is 0 Å². The number of carbonyl (C=O) groups excluding carboxylic acids is 1. The molecule has 0 atom stereocenters. The first kappa shape index (κ1) is 13.4. The van der Waals surface area contributed by atoms with Gasteiger partial charge in [-0.2, -0.15) is 8.78 Å². The minimum absolute atomic E-state index is 0.0608. The molecule has 0 aromatic heterocycles. The maximum atomic E-state index is 12.8. The highest BCUT2D eigenvalue weighted by Gasteiger charge is 2.45. The Morgan fingerprint density at radius 3 is 2.59 bits per heavy atom. The SMILES string of the molecule is C=CCOC(=O)N1CC(CC(F)(F)C(=O)O)C1. The molecule has 0 radical (unpaired) electrons. The van der Waals surface area contributed by atoms with Gasteiger partial charge in [0.15, 0.2) is 0 Å². The van der Waals surface area contributed by atoms with Crippen LogP contribution in [0.4, 0.5) is 13.6 Å². The quantitative estimate of drug-likeness (QED) is 0.747. The Hall–Kier alpha value is -1.66. The van der Waals surface area contributed by atoms with Crippen molar-refractivity contribution in [2.45, 2.75) is 12.3 Å². The van der Waals surface area contributed by atoms with Gasteiger partial charge in [-0.05, 0) is 0 Å². The van der Waals surface area contributed by atoms with E-state index in [-0.39, 0.29) is 19.7 Å². The van der Waals surface area contributed by atoms with E-state index in [1.807, 2.05) is 0 Å². The molecule has 1 fully saturated rings. The maximum absolute atomic E-state index is 12.8. The number of nitrogens with zero attached hydrogens (tertiary/aromatic N) is 1. The third kappa shape index (κ3) is 3.40. The van der Waals surface area contributed by atoms with Crippen LogP contribution in [0, 0.1) is 5.92 Å². The first-order valence-electron chi connectivity index (χ1n) is 5.00. The second kappa shape index (κ2) is 5.11. The molecule has 7 heteroatoms. The van der Waals surface area contributed by atoms with Crippen molar-refractivity contribution in [2.24, 2.45) is 5.92 Å². The summed E-state index contributed by atoms with van der Waals surface area (Å²) in [5.41, 5.74) is 0. The van der Waals surface area contributed by atoms with Crippen molar-refractivity contribution in [1.82, 2.24) is 4.90 Å². The van der Waals surface area contributed by atoms with Gasteiger partial charge < -0.3 is 14.7 Å². The third-order valence-corrected chi connectivity index (χ3v) is 2.40. The molecule has 1 saturated heterocycles. The van der Waals surface area contributed by atoms with E-state index < -0.39 is 30.3 Å². The number of hydrogen-bond acceptors (Lipinski definition) is 3. The number of hydrogen-bond donors (Lipinski definition) is 1. The molecule has 96 valence electrons. The van der Waals surface area contributed by atoms with Crippen LogP contribution in [-0.2, 0) is 9.53 Å². The van der Waals surface area contributed by atoms with Crippen LogP contribution in [0.15, 0.2) is 12.7 Å².